The summed E-state index contributed by atoms with van der Waals surface area (Å²) in [7, 11) is 0. The van der Waals surface area contributed by atoms with Gasteiger partial charge < -0.3 is 10.2 Å². The van der Waals surface area contributed by atoms with Crippen LogP contribution in [0.5, 0.6) is 0 Å². The summed E-state index contributed by atoms with van der Waals surface area (Å²) in [6.07, 6.45) is -1.07. The molecule has 2 aliphatic rings. The van der Waals surface area contributed by atoms with Gasteiger partial charge in [-0.15, -0.1) is 0 Å². The summed E-state index contributed by atoms with van der Waals surface area (Å²) in [4.78, 5) is 13.1. The number of benzene rings is 1. The number of amides is 1. The number of hydrogen-bond donors (Lipinski definition) is 1. The van der Waals surface area contributed by atoms with E-state index in [4.69, 9.17) is 5.26 Å². The van der Waals surface area contributed by atoms with E-state index in [2.05, 4.69) is 11.4 Å². The predicted molar refractivity (Wildman–Crippen MR) is 94.8 cm³/mol. The second-order valence-electron chi connectivity index (χ2n) is 7.74. The van der Waals surface area contributed by atoms with Crippen LogP contribution in [0.4, 0.5) is 13.2 Å². The van der Waals surface area contributed by atoms with E-state index in [-0.39, 0.29) is 18.0 Å². The lowest BCUT2D eigenvalue weighted by Crippen LogP contribution is -2.51. The van der Waals surface area contributed by atoms with Crippen molar-refractivity contribution in [3.63, 3.8) is 0 Å². The highest BCUT2D eigenvalue weighted by molar-refractivity contribution is 5.82. The lowest BCUT2D eigenvalue weighted by atomic mass is 9.73. The molecule has 1 aliphatic heterocycles. The summed E-state index contributed by atoms with van der Waals surface area (Å²) in [6.45, 7) is 1.63. The molecule has 7 heteroatoms. The van der Waals surface area contributed by atoms with Crippen LogP contribution in [0.1, 0.15) is 36.8 Å². The molecule has 0 bridgehead atoms. The maximum absolute atomic E-state index is 13.1. The van der Waals surface area contributed by atoms with Crippen molar-refractivity contribution < 1.29 is 18.0 Å². The molecule has 3 rings (SSSR count). The molecule has 0 unspecified atom stereocenters. The molecule has 146 valence electrons. The van der Waals surface area contributed by atoms with Gasteiger partial charge in [0.05, 0.1) is 12.5 Å². The van der Waals surface area contributed by atoms with Gasteiger partial charge in [-0.05, 0) is 61.7 Å². The Morgan fingerprint density at radius 1 is 1.19 bits per heavy atom. The Balaban J connectivity index is 1.79. The fraction of sp³-hybridized carbons (Fsp3) is 0.600. The first kappa shape index (κ1) is 19.7. The van der Waals surface area contributed by atoms with Crippen LogP contribution in [0.25, 0.3) is 0 Å². The molecular formula is C20H24F3N3O. The summed E-state index contributed by atoms with van der Waals surface area (Å²) in [5.41, 5.74) is 1.60. The van der Waals surface area contributed by atoms with E-state index in [0.29, 0.717) is 25.7 Å². The van der Waals surface area contributed by atoms with E-state index < -0.39 is 12.1 Å². The molecule has 1 N–H and O–H groups in total. The molecular weight excluding hydrogens is 355 g/mol. The average molecular weight is 379 g/mol. The number of carbonyl (C=O) groups is 1. The van der Waals surface area contributed by atoms with E-state index in [1.165, 1.54) is 0 Å². The minimum Gasteiger partial charge on any atom is -0.331 e. The minimum atomic E-state index is -4.82. The van der Waals surface area contributed by atoms with Crippen LogP contribution in [0.15, 0.2) is 24.3 Å². The van der Waals surface area contributed by atoms with Gasteiger partial charge in [-0.25, -0.2) is 0 Å². The zero-order valence-corrected chi connectivity index (χ0v) is 15.2. The molecule has 4 nitrogen and oxygen atoms in total. The van der Waals surface area contributed by atoms with Crippen LogP contribution >= 0.6 is 0 Å². The van der Waals surface area contributed by atoms with E-state index in [0.717, 1.165) is 42.0 Å². The van der Waals surface area contributed by atoms with Crippen molar-refractivity contribution in [1.29, 1.82) is 5.26 Å². The molecule has 2 fully saturated rings. The first-order valence-electron chi connectivity index (χ1n) is 9.36. The molecule has 1 heterocycles. The van der Waals surface area contributed by atoms with E-state index in [9.17, 15) is 18.0 Å². The summed E-state index contributed by atoms with van der Waals surface area (Å²) in [5, 5.41) is 12.0. The quantitative estimate of drug-likeness (QED) is 0.826. The zero-order valence-electron chi connectivity index (χ0n) is 15.2. The molecule has 0 spiro atoms. The summed E-state index contributed by atoms with van der Waals surface area (Å²) >= 11 is 0. The number of nitrogens with one attached hydrogen (secondary N) is 1. The van der Waals surface area contributed by atoms with E-state index in [1.54, 1.807) is 0 Å². The van der Waals surface area contributed by atoms with Crippen LogP contribution in [0.3, 0.4) is 0 Å². The Labute approximate surface area is 157 Å². The molecule has 1 saturated carbocycles. The highest BCUT2D eigenvalue weighted by Gasteiger charge is 2.49. The second-order valence-corrected chi connectivity index (χ2v) is 7.74. The van der Waals surface area contributed by atoms with E-state index in [1.807, 2.05) is 24.3 Å². The smallest absolute Gasteiger partial charge is 0.331 e. The number of nitriles is 1. The van der Waals surface area contributed by atoms with Gasteiger partial charge in [-0.3, -0.25) is 4.79 Å². The predicted octanol–water partition coefficient (Wildman–Crippen LogP) is 3.22. The molecule has 0 aromatic heterocycles. The molecule has 27 heavy (non-hydrogen) atoms. The van der Waals surface area contributed by atoms with Gasteiger partial charge in [0.25, 0.3) is 0 Å². The van der Waals surface area contributed by atoms with Crippen molar-refractivity contribution in [2.75, 3.05) is 19.6 Å². The normalized spacial score (nSPS) is 19.3. The third-order valence-electron chi connectivity index (χ3n) is 5.55. The lowest BCUT2D eigenvalue weighted by Gasteiger charge is -2.42. The van der Waals surface area contributed by atoms with Gasteiger partial charge in [0.1, 0.15) is 0 Å². The largest absolute Gasteiger partial charge is 0.471 e. The number of alkyl halides is 3. The molecule has 1 aliphatic carbocycles. The zero-order chi connectivity index (χ0) is 19.5. The van der Waals surface area contributed by atoms with Crippen molar-refractivity contribution in [1.82, 2.24) is 10.2 Å². The molecule has 0 radical (unpaired) electrons. The summed E-state index contributed by atoms with van der Waals surface area (Å²) in [6, 6.07) is 9.52. The highest BCUT2D eigenvalue weighted by atomic mass is 19.4. The van der Waals surface area contributed by atoms with Crippen molar-refractivity contribution in [3.05, 3.63) is 35.4 Å². The molecule has 1 saturated heterocycles. The lowest BCUT2D eigenvalue weighted by molar-refractivity contribution is -0.188. The van der Waals surface area contributed by atoms with Gasteiger partial charge >= 0.3 is 12.1 Å². The number of halogens is 3. The molecule has 1 amide bonds. The summed E-state index contributed by atoms with van der Waals surface area (Å²) < 4.78 is 39.2. The third-order valence-corrected chi connectivity index (χ3v) is 5.55. The number of hydrogen-bond acceptors (Lipinski definition) is 3. The van der Waals surface area contributed by atoms with Gasteiger partial charge in [-0.2, -0.15) is 18.4 Å². The Bertz CT molecular complexity index is 699. The van der Waals surface area contributed by atoms with Gasteiger partial charge in [0, 0.05) is 12.6 Å². The Morgan fingerprint density at radius 3 is 2.30 bits per heavy atom. The van der Waals surface area contributed by atoms with Crippen molar-refractivity contribution in [3.8, 4) is 6.07 Å². The second kappa shape index (κ2) is 7.89. The maximum atomic E-state index is 13.1. The van der Waals surface area contributed by atoms with Gasteiger partial charge in [0.15, 0.2) is 0 Å². The average Bonchev–Trinajstić information content (AvgIpc) is 3.46. The minimum absolute atomic E-state index is 0.150. The topological polar surface area (TPSA) is 56.1 Å². The van der Waals surface area contributed by atoms with Crippen LogP contribution in [0.2, 0.25) is 0 Å². The SMILES string of the molecule is N#CCc1ccc(CC2(CN(C(=O)C(F)(F)F)C3CC3)CCNCC2)cc1. The maximum Gasteiger partial charge on any atom is 0.471 e. The number of nitrogens with zero attached hydrogens (tertiary/aromatic N) is 2. The monoisotopic (exact) mass is 379 g/mol. The highest BCUT2D eigenvalue weighted by Crippen LogP contribution is 2.39. The van der Waals surface area contributed by atoms with Crippen molar-refractivity contribution in [2.45, 2.75) is 50.7 Å². The standard InChI is InChI=1S/C20H24F3N3O/c21-20(22,23)18(27)26(17-5-6-17)14-19(8-11-25-12-9-19)13-16-3-1-15(2-4-16)7-10-24/h1-4,17,25H,5-9,11-14H2. The van der Waals surface area contributed by atoms with Crippen LogP contribution in [-0.2, 0) is 17.6 Å². The Morgan fingerprint density at radius 2 is 1.78 bits per heavy atom. The first-order valence-corrected chi connectivity index (χ1v) is 9.36. The number of piperidine rings is 1. The third kappa shape index (κ3) is 5.01. The molecule has 0 atom stereocenters. The number of carbonyl (C=O) groups excluding carboxylic acids is 1. The Hall–Kier alpha value is -2.07. The summed E-state index contributed by atoms with van der Waals surface area (Å²) in [5.74, 6) is -1.70. The van der Waals surface area contributed by atoms with Crippen LogP contribution < -0.4 is 5.32 Å². The fourth-order valence-electron chi connectivity index (χ4n) is 3.92. The van der Waals surface area contributed by atoms with Crippen LogP contribution in [-0.4, -0.2) is 42.7 Å². The molecule has 1 aromatic carbocycles. The molecule has 1 aromatic rings. The van der Waals surface area contributed by atoms with Crippen LogP contribution in [0, 0.1) is 16.7 Å². The van der Waals surface area contributed by atoms with Crippen molar-refractivity contribution in [2.24, 2.45) is 5.41 Å². The Kier molecular flexibility index (Phi) is 5.75. The fourth-order valence-corrected chi connectivity index (χ4v) is 3.92. The van der Waals surface area contributed by atoms with Gasteiger partial charge in [-0.1, -0.05) is 24.3 Å². The number of rotatable bonds is 6. The van der Waals surface area contributed by atoms with Crippen molar-refractivity contribution >= 4 is 5.91 Å². The first-order chi connectivity index (χ1) is 12.8. The van der Waals surface area contributed by atoms with Gasteiger partial charge in [0.2, 0.25) is 0 Å². The van der Waals surface area contributed by atoms with E-state index >= 15 is 0 Å².